The number of rotatable bonds is 6. The number of primary amides is 1. The smallest absolute Gasteiger partial charge is 0.262 e. The minimum absolute atomic E-state index is 0.0435. The molecule has 3 heterocycles. The third-order valence-corrected chi connectivity index (χ3v) is 6.39. The summed E-state index contributed by atoms with van der Waals surface area (Å²) in [6, 6.07) is 11.7. The summed E-state index contributed by atoms with van der Waals surface area (Å²) in [7, 11) is 1.73. The molecule has 9 nitrogen and oxygen atoms in total. The molecule has 1 atom stereocenters. The van der Waals surface area contributed by atoms with Gasteiger partial charge in [-0.05, 0) is 60.7 Å². The highest BCUT2D eigenvalue weighted by molar-refractivity contribution is 6.10. The van der Waals surface area contributed by atoms with E-state index in [1.807, 2.05) is 24.3 Å². The molecule has 1 saturated heterocycles. The molecule has 0 radical (unpaired) electrons. The van der Waals surface area contributed by atoms with Crippen LogP contribution >= 0.6 is 0 Å². The molecule has 1 fully saturated rings. The van der Waals surface area contributed by atoms with Gasteiger partial charge in [-0.2, -0.15) is 0 Å². The predicted molar refractivity (Wildman–Crippen MR) is 139 cm³/mol. The number of carbonyl (C=O) groups excluding carboxylic acids is 2. The third-order valence-electron chi connectivity index (χ3n) is 6.39. The minimum Gasteiger partial charge on any atom is -0.366 e. The second-order valence-electron chi connectivity index (χ2n) is 9.00. The first kappa shape index (κ1) is 24.3. The molecule has 188 valence electrons. The van der Waals surface area contributed by atoms with Crippen LogP contribution in [0.5, 0.6) is 0 Å². The standard InChI is InChI=1S/C27H26FN7O2/c1-34-16-24(32-33-34)19-6-8-22(23(28)14-19)27(37)35(20-3-2-11-30-15-20)26-21-7-4-17(5-9-25(29)36)13-18(21)10-12-31-26/h4-10,12-14,16,20,30H,2-3,11,15H2,1H3,(H2,29,36)/b9-5+/t20-/m1/s1. The largest absolute Gasteiger partial charge is 0.366 e. The van der Waals surface area contributed by atoms with Crippen LogP contribution in [0.15, 0.2) is 60.9 Å². The second-order valence-corrected chi connectivity index (χ2v) is 9.00. The predicted octanol–water partition coefficient (Wildman–Crippen LogP) is 3.07. The lowest BCUT2D eigenvalue weighted by molar-refractivity contribution is -0.113. The number of aryl methyl sites for hydroxylation is 1. The first-order chi connectivity index (χ1) is 17.9. The molecule has 0 aliphatic carbocycles. The molecule has 10 heteroatoms. The van der Waals surface area contributed by atoms with E-state index >= 15 is 4.39 Å². The Kier molecular flexibility index (Phi) is 6.74. The summed E-state index contributed by atoms with van der Waals surface area (Å²) >= 11 is 0. The van der Waals surface area contributed by atoms with Gasteiger partial charge in [0.1, 0.15) is 17.3 Å². The zero-order valence-electron chi connectivity index (χ0n) is 20.3. The van der Waals surface area contributed by atoms with Crippen LogP contribution in [-0.2, 0) is 11.8 Å². The molecule has 0 spiro atoms. The van der Waals surface area contributed by atoms with Crippen molar-refractivity contribution >= 4 is 34.5 Å². The van der Waals surface area contributed by atoms with E-state index in [1.165, 1.54) is 22.9 Å². The number of hydrogen-bond donors (Lipinski definition) is 2. The number of amides is 2. The van der Waals surface area contributed by atoms with Gasteiger partial charge in [0.25, 0.3) is 5.91 Å². The Bertz CT molecular complexity index is 1510. The number of halogens is 1. The second kappa shape index (κ2) is 10.3. The van der Waals surface area contributed by atoms with Crippen LogP contribution in [0.3, 0.4) is 0 Å². The summed E-state index contributed by atoms with van der Waals surface area (Å²) in [6.07, 6.45) is 7.88. The fourth-order valence-corrected chi connectivity index (χ4v) is 4.60. The van der Waals surface area contributed by atoms with Gasteiger partial charge in [-0.3, -0.25) is 19.2 Å². The average Bonchev–Trinajstić information content (AvgIpc) is 3.34. The number of piperidine rings is 1. The van der Waals surface area contributed by atoms with Crippen LogP contribution in [0, 0.1) is 5.82 Å². The Morgan fingerprint density at radius 3 is 2.78 bits per heavy atom. The fourth-order valence-electron chi connectivity index (χ4n) is 4.60. The molecule has 5 rings (SSSR count). The average molecular weight is 500 g/mol. The fraction of sp³-hybridized carbons (Fsp3) is 0.222. The molecule has 37 heavy (non-hydrogen) atoms. The summed E-state index contributed by atoms with van der Waals surface area (Å²) in [5.41, 5.74) is 7.01. The van der Waals surface area contributed by atoms with Crippen molar-refractivity contribution in [3.63, 3.8) is 0 Å². The van der Waals surface area contributed by atoms with Crippen LogP contribution in [0.2, 0.25) is 0 Å². The maximum atomic E-state index is 15.4. The number of fused-ring (bicyclic) bond motifs is 1. The molecular weight excluding hydrogens is 473 g/mol. The van der Waals surface area contributed by atoms with Crippen molar-refractivity contribution in [2.75, 3.05) is 18.0 Å². The third kappa shape index (κ3) is 5.10. The quantitative estimate of drug-likeness (QED) is 0.394. The maximum absolute atomic E-state index is 15.4. The van der Waals surface area contributed by atoms with Crippen molar-refractivity contribution in [3.05, 3.63) is 77.9 Å². The van der Waals surface area contributed by atoms with Gasteiger partial charge in [0.2, 0.25) is 5.91 Å². The lowest BCUT2D eigenvalue weighted by Gasteiger charge is -2.34. The van der Waals surface area contributed by atoms with E-state index in [1.54, 1.807) is 36.5 Å². The van der Waals surface area contributed by atoms with Crippen LogP contribution in [0.25, 0.3) is 28.1 Å². The molecule has 2 amide bonds. The Labute approximate surface area is 212 Å². The summed E-state index contributed by atoms with van der Waals surface area (Å²) in [5.74, 6) is -1.18. The van der Waals surface area contributed by atoms with Crippen LogP contribution in [0.1, 0.15) is 28.8 Å². The number of nitrogens with two attached hydrogens (primary N) is 1. The van der Waals surface area contributed by atoms with E-state index in [4.69, 9.17) is 5.73 Å². The summed E-state index contributed by atoms with van der Waals surface area (Å²) in [6.45, 7) is 1.43. The van der Waals surface area contributed by atoms with Crippen molar-refractivity contribution in [3.8, 4) is 11.3 Å². The lowest BCUT2D eigenvalue weighted by Crippen LogP contribution is -2.49. The number of aromatic nitrogens is 4. The van der Waals surface area contributed by atoms with Crippen LogP contribution in [0.4, 0.5) is 10.2 Å². The van der Waals surface area contributed by atoms with E-state index in [9.17, 15) is 9.59 Å². The number of hydrogen-bond acceptors (Lipinski definition) is 6. The van der Waals surface area contributed by atoms with Gasteiger partial charge in [-0.25, -0.2) is 9.37 Å². The molecule has 2 aromatic carbocycles. The highest BCUT2D eigenvalue weighted by Crippen LogP contribution is 2.31. The number of anilines is 1. The van der Waals surface area contributed by atoms with E-state index in [0.29, 0.717) is 23.6 Å². The summed E-state index contributed by atoms with van der Waals surface area (Å²) in [4.78, 5) is 31.2. The monoisotopic (exact) mass is 499 g/mol. The van der Waals surface area contributed by atoms with Crippen molar-refractivity contribution in [2.45, 2.75) is 18.9 Å². The van der Waals surface area contributed by atoms with Crippen LogP contribution < -0.4 is 16.0 Å². The number of nitrogens with zero attached hydrogens (tertiary/aromatic N) is 5. The summed E-state index contributed by atoms with van der Waals surface area (Å²) < 4.78 is 16.9. The number of benzene rings is 2. The van der Waals surface area contributed by atoms with E-state index < -0.39 is 17.6 Å². The number of carbonyl (C=O) groups is 2. The zero-order chi connectivity index (χ0) is 25.9. The molecule has 1 aliphatic rings. The summed E-state index contributed by atoms with van der Waals surface area (Å²) in [5, 5.41) is 12.8. The Hall–Kier alpha value is -4.44. The topological polar surface area (TPSA) is 119 Å². The lowest BCUT2D eigenvalue weighted by atomic mass is 10.0. The zero-order valence-corrected chi connectivity index (χ0v) is 20.3. The van der Waals surface area contributed by atoms with Crippen LogP contribution in [-0.4, -0.2) is 50.9 Å². The van der Waals surface area contributed by atoms with Gasteiger partial charge in [0.15, 0.2) is 0 Å². The molecule has 3 N–H and O–H groups in total. The van der Waals surface area contributed by atoms with Crippen molar-refractivity contribution in [1.82, 2.24) is 25.3 Å². The molecule has 1 aliphatic heterocycles. The molecule has 0 unspecified atom stereocenters. The van der Waals surface area contributed by atoms with Gasteiger partial charge in [0.05, 0.1) is 17.8 Å². The van der Waals surface area contributed by atoms with Gasteiger partial charge in [0, 0.05) is 36.8 Å². The van der Waals surface area contributed by atoms with E-state index in [-0.39, 0.29) is 11.6 Å². The van der Waals surface area contributed by atoms with Crippen molar-refractivity contribution in [2.24, 2.45) is 12.8 Å². The molecular formula is C27H26FN7O2. The van der Waals surface area contributed by atoms with Crippen molar-refractivity contribution < 1.29 is 14.0 Å². The first-order valence-electron chi connectivity index (χ1n) is 12.0. The molecule has 0 bridgehead atoms. The van der Waals surface area contributed by atoms with E-state index in [2.05, 4.69) is 20.6 Å². The highest BCUT2D eigenvalue weighted by atomic mass is 19.1. The van der Waals surface area contributed by atoms with Gasteiger partial charge in [-0.15, -0.1) is 5.10 Å². The highest BCUT2D eigenvalue weighted by Gasteiger charge is 2.31. The molecule has 0 saturated carbocycles. The Balaban J connectivity index is 1.56. The first-order valence-corrected chi connectivity index (χ1v) is 12.0. The SMILES string of the molecule is Cn1cc(-c2ccc(C(=O)N(c3nccc4cc(/C=C/C(N)=O)ccc34)[C@@H]3CCCNC3)c(F)c2)nn1. The van der Waals surface area contributed by atoms with Gasteiger partial charge in [-0.1, -0.05) is 23.4 Å². The van der Waals surface area contributed by atoms with Gasteiger partial charge >= 0.3 is 0 Å². The van der Waals surface area contributed by atoms with Gasteiger partial charge < -0.3 is 11.1 Å². The molecule has 4 aromatic rings. The number of pyridine rings is 1. The normalized spacial score (nSPS) is 15.8. The van der Waals surface area contributed by atoms with E-state index in [0.717, 1.165) is 35.7 Å². The Morgan fingerprint density at radius 2 is 2.08 bits per heavy atom. The maximum Gasteiger partial charge on any atom is 0.262 e. The van der Waals surface area contributed by atoms with Crippen molar-refractivity contribution in [1.29, 1.82) is 0 Å². The number of nitrogens with one attached hydrogen (secondary N) is 1. The Morgan fingerprint density at radius 1 is 1.22 bits per heavy atom. The minimum atomic E-state index is -0.638. The molecule has 2 aromatic heterocycles.